The summed E-state index contributed by atoms with van der Waals surface area (Å²) in [5, 5.41) is 5.46. The van der Waals surface area contributed by atoms with Gasteiger partial charge in [-0.2, -0.15) is 0 Å². The zero-order valence-corrected chi connectivity index (χ0v) is 15.6. The van der Waals surface area contributed by atoms with E-state index in [4.69, 9.17) is 0 Å². The van der Waals surface area contributed by atoms with Crippen molar-refractivity contribution in [2.45, 2.75) is 13.8 Å². The van der Waals surface area contributed by atoms with Gasteiger partial charge in [0.2, 0.25) is 5.91 Å². The fourth-order valence-electron chi connectivity index (χ4n) is 2.93. The molecule has 1 saturated heterocycles. The Morgan fingerprint density at radius 2 is 1.59 bits per heavy atom. The van der Waals surface area contributed by atoms with Crippen LogP contribution in [-0.4, -0.2) is 59.4 Å². The lowest BCUT2D eigenvalue weighted by atomic mass is 10.2. The van der Waals surface area contributed by atoms with E-state index in [1.807, 2.05) is 0 Å². The molecule has 0 bridgehead atoms. The lowest BCUT2D eigenvalue weighted by Crippen LogP contribution is -2.46. The molecule has 0 radical (unpaired) electrons. The fraction of sp³-hybridized carbons (Fsp3) is 0.368. The molecule has 1 aliphatic rings. The molecule has 2 amide bonds. The quantitative estimate of drug-likeness (QED) is 0.837. The number of piperazine rings is 1. The summed E-state index contributed by atoms with van der Waals surface area (Å²) in [6.07, 6.45) is 3.15. The number of likely N-dealkylation sites (N-methyl/N-ethyl adjacent to an activating group) is 1. The van der Waals surface area contributed by atoms with Crippen molar-refractivity contribution in [3.05, 3.63) is 42.4 Å². The van der Waals surface area contributed by atoms with Crippen LogP contribution in [0, 0.1) is 0 Å². The van der Waals surface area contributed by atoms with Crippen molar-refractivity contribution in [3.8, 4) is 0 Å². The van der Waals surface area contributed by atoms with Gasteiger partial charge in [0.1, 0.15) is 11.5 Å². The van der Waals surface area contributed by atoms with Gasteiger partial charge in [-0.1, -0.05) is 6.92 Å². The molecule has 2 N–H and O–H groups in total. The maximum absolute atomic E-state index is 12.3. The Bertz CT molecular complexity index is 783. The molecule has 8 nitrogen and oxygen atoms in total. The number of carbonyl (C=O) groups is 2. The number of nitrogens with one attached hydrogen (secondary N) is 2. The van der Waals surface area contributed by atoms with E-state index >= 15 is 0 Å². The summed E-state index contributed by atoms with van der Waals surface area (Å²) in [5.41, 5.74) is 1.56. The van der Waals surface area contributed by atoms with Crippen LogP contribution < -0.4 is 15.5 Å². The third kappa shape index (κ3) is 5.01. The van der Waals surface area contributed by atoms with Crippen molar-refractivity contribution >= 4 is 29.0 Å². The first-order valence-corrected chi connectivity index (χ1v) is 9.03. The lowest BCUT2D eigenvalue weighted by Gasteiger charge is -2.34. The van der Waals surface area contributed by atoms with Crippen LogP contribution >= 0.6 is 0 Å². The van der Waals surface area contributed by atoms with Crippen molar-refractivity contribution in [1.29, 1.82) is 0 Å². The molecule has 0 atom stereocenters. The molecule has 2 aromatic rings. The van der Waals surface area contributed by atoms with Crippen LogP contribution in [0.1, 0.15) is 24.3 Å². The van der Waals surface area contributed by atoms with Crippen LogP contribution in [0.25, 0.3) is 0 Å². The minimum Gasteiger partial charge on any atom is -0.353 e. The normalized spacial score (nSPS) is 14.7. The Kier molecular flexibility index (Phi) is 5.97. The first kappa shape index (κ1) is 18.8. The molecular weight excluding hydrogens is 344 g/mol. The van der Waals surface area contributed by atoms with Gasteiger partial charge < -0.3 is 20.4 Å². The van der Waals surface area contributed by atoms with Crippen LogP contribution in [0.15, 0.2) is 36.7 Å². The first-order valence-electron chi connectivity index (χ1n) is 9.03. The topological polar surface area (TPSA) is 90.5 Å². The van der Waals surface area contributed by atoms with Gasteiger partial charge in [-0.05, 0) is 30.8 Å². The molecule has 1 aromatic heterocycles. The maximum Gasteiger partial charge on any atom is 0.275 e. The molecule has 2 heterocycles. The van der Waals surface area contributed by atoms with Gasteiger partial charge >= 0.3 is 0 Å². The van der Waals surface area contributed by atoms with Gasteiger partial charge in [-0.25, -0.2) is 9.97 Å². The molecule has 1 aliphatic heterocycles. The number of amides is 2. The summed E-state index contributed by atoms with van der Waals surface area (Å²) >= 11 is 0. The number of hydrogen-bond donors (Lipinski definition) is 2. The zero-order valence-electron chi connectivity index (χ0n) is 15.6. The largest absolute Gasteiger partial charge is 0.353 e. The minimum atomic E-state index is -0.322. The van der Waals surface area contributed by atoms with E-state index in [2.05, 4.69) is 37.3 Å². The number of benzene rings is 1. The van der Waals surface area contributed by atoms with E-state index in [0.717, 1.165) is 38.5 Å². The highest BCUT2D eigenvalue weighted by Crippen LogP contribution is 2.15. The Balaban J connectivity index is 1.58. The Morgan fingerprint density at radius 3 is 2.11 bits per heavy atom. The van der Waals surface area contributed by atoms with Gasteiger partial charge in [0, 0.05) is 44.5 Å². The molecule has 1 aromatic carbocycles. The maximum atomic E-state index is 12.3. The summed E-state index contributed by atoms with van der Waals surface area (Å²) < 4.78 is 0. The van der Waals surface area contributed by atoms with Crippen molar-refractivity contribution in [2.24, 2.45) is 0 Å². The SMILES string of the molecule is CCN1CCN(c2cnc(C(=O)Nc3ccc(NC(C)=O)cc3)cn2)CC1. The molecule has 142 valence electrons. The monoisotopic (exact) mass is 368 g/mol. The molecule has 0 aliphatic carbocycles. The van der Waals surface area contributed by atoms with Crippen LogP contribution in [-0.2, 0) is 4.79 Å². The van der Waals surface area contributed by atoms with E-state index in [1.54, 1.807) is 30.5 Å². The van der Waals surface area contributed by atoms with E-state index in [0.29, 0.717) is 11.4 Å². The highest BCUT2D eigenvalue weighted by atomic mass is 16.2. The second-order valence-corrected chi connectivity index (χ2v) is 6.39. The number of aromatic nitrogens is 2. The zero-order chi connectivity index (χ0) is 19.2. The van der Waals surface area contributed by atoms with Crippen LogP contribution in [0.2, 0.25) is 0 Å². The van der Waals surface area contributed by atoms with Crippen LogP contribution in [0.3, 0.4) is 0 Å². The van der Waals surface area contributed by atoms with Gasteiger partial charge in [-0.15, -0.1) is 0 Å². The Morgan fingerprint density at radius 1 is 0.963 bits per heavy atom. The van der Waals surface area contributed by atoms with E-state index in [-0.39, 0.29) is 17.5 Å². The molecule has 0 saturated carbocycles. The molecule has 0 unspecified atom stereocenters. The molecule has 8 heteroatoms. The van der Waals surface area contributed by atoms with Crippen molar-refractivity contribution in [2.75, 3.05) is 48.3 Å². The van der Waals surface area contributed by atoms with Gasteiger partial charge in [0.15, 0.2) is 0 Å². The van der Waals surface area contributed by atoms with E-state index in [1.165, 1.54) is 13.1 Å². The van der Waals surface area contributed by atoms with Crippen molar-refractivity contribution in [3.63, 3.8) is 0 Å². The molecule has 1 fully saturated rings. The highest BCUT2D eigenvalue weighted by Gasteiger charge is 2.17. The minimum absolute atomic E-state index is 0.141. The fourth-order valence-corrected chi connectivity index (χ4v) is 2.93. The summed E-state index contributed by atoms with van der Waals surface area (Å²) in [6, 6.07) is 6.89. The summed E-state index contributed by atoms with van der Waals surface area (Å²) in [4.78, 5) is 36.6. The van der Waals surface area contributed by atoms with Crippen molar-refractivity contribution in [1.82, 2.24) is 14.9 Å². The third-order valence-corrected chi connectivity index (χ3v) is 4.48. The summed E-state index contributed by atoms with van der Waals surface area (Å²) in [7, 11) is 0. The number of hydrogen-bond acceptors (Lipinski definition) is 6. The number of rotatable bonds is 5. The molecule has 0 spiro atoms. The number of carbonyl (C=O) groups excluding carboxylic acids is 2. The highest BCUT2D eigenvalue weighted by molar-refractivity contribution is 6.02. The predicted octanol–water partition coefficient (Wildman–Crippen LogP) is 1.83. The van der Waals surface area contributed by atoms with Crippen LogP contribution in [0.5, 0.6) is 0 Å². The van der Waals surface area contributed by atoms with E-state index < -0.39 is 0 Å². The van der Waals surface area contributed by atoms with Gasteiger partial charge in [0.25, 0.3) is 5.91 Å². The second-order valence-electron chi connectivity index (χ2n) is 6.39. The number of nitrogens with zero attached hydrogens (tertiary/aromatic N) is 4. The van der Waals surface area contributed by atoms with Gasteiger partial charge in [0.05, 0.1) is 12.4 Å². The smallest absolute Gasteiger partial charge is 0.275 e. The summed E-state index contributed by atoms with van der Waals surface area (Å²) in [6.45, 7) is 8.51. The first-order chi connectivity index (χ1) is 13.0. The van der Waals surface area contributed by atoms with Crippen LogP contribution in [0.4, 0.5) is 17.2 Å². The number of anilines is 3. The summed E-state index contributed by atoms with van der Waals surface area (Å²) in [5.74, 6) is 0.331. The standard InChI is InChI=1S/C19H24N6O2/c1-3-24-8-10-25(11-9-24)18-13-20-17(12-21-18)19(27)23-16-6-4-15(5-7-16)22-14(2)26/h4-7,12-13H,3,8-11H2,1-2H3,(H,22,26)(H,23,27). The lowest BCUT2D eigenvalue weighted by molar-refractivity contribution is -0.114. The second kappa shape index (κ2) is 8.59. The predicted molar refractivity (Wildman–Crippen MR) is 105 cm³/mol. The average molecular weight is 368 g/mol. The molecule has 3 rings (SSSR count). The molecular formula is C19H24N6O2. The molecule has 27 heavy (non-hydrogen) atoms. The average Bonchev–Trinajstić information content (AvgIpc) is 2.69. The van der Waals surface area contributed by atoms with Gasteiger partial charge in [-0.3, -0.25) is 9.59 Å². The van der Waals surface area contributed by atoms with E-state index in [9.17, 15) is 9.59 Å². The Hall–Kier alpha value is -3.00. The Labute approximate surface area is 158 Å². The third-order valence-electron chi connectivity index (χ3n) is 4.48. The van der Waals surface area contributed by atoms with Crippen molar-refractivity contribution < 1.29 is 9.59 Å².